The molecule has 0 bridgehead atoms. The molecule has 6 heteroatoms. The van der Waals surface area contributed by atoms with Gasteiger partial charge in [-0.15, -0.1) is 0 Å². The lowest BCUT2D eigenvalue weighted by Crippen LogP contribution is -2.39. The van der Waals surface area contributed by atoms with Crippen molar-refractivity contribution in [1.82, 2.24) is 4.90 Å². The van der Waals surface area contributed by atoms with Crippen LogP contribution in [0.25, 0.3) is 6.08 Å². The van der Waals surface area contributed by atoms with Crippen LogP contribution in [0.15, 0.2) is 65.3 Å². The smallest absolute Gasteiger partial charge is 0.278 e. The molecule has 1 aliphatic rings. The highest BCUT2D eigenvalue weighted by Crippen LogP contribution is 2.22. The van der Waals surface area contributed by atoms with E-state index in [0.29, 0.717) is 17.0 Å². The standard InChI is InChI=1S/C18H14FN3O2/c19-14-8-6-12(7-9-14)10-15-18(24)22(11-16(20)23)17(21-15)13-4-2-1-3-5-13/h1-10H,11H2,(H2,20,23)/b15-10+. The molecule has 5 nitrogen and oxygen atoms in total. The first-order valence-electron chi connectivity index (χ1n) is 7.26. The third-order valence-electron chi connectivity index (χ3n) is 3.47. The number of halogens is 1. The van der Waals surface area contributed by atoms with Crippen LogP contribution in [0.2, 0.25) is 0 Å². The quantitative estimate of drug-likeness (QED) is 0.873. The lowest BCUT2D eigenvalue weighted by atomic mass is 10.2. The minimum atomic E-state index is -0.630. The zero-order valence-corrected chi connectivity index (χ0v) is 12.6. The van der Waals surface area contributed by atoms with E-state index >= 15 is 0 Å². The van der Waals surface area contributed by atoms with Crippen LogP contribution in [0.3, 0.4) is 0 Å². The summed E-state index contributed by atoms with van der Waals surface area (Å²) in [5.41, 5.74) is 6.75. The fourth-order valence-electron chi connectivity index (χ4n) is 2.38. The van der Waals surface area contributed by atoms with Gasteiger partial charge in [0, 0.05) is 5.56 Å². The van der Waals surface area contributed by atoms with E-state index in [1.165, 1.54) is 17.0 Å². The number of nitrogens with two attached hydrogens (primary N) is 1. The Morgan fingerprint density at radius 3 is 2.42 bits per heavy atom. The fourth-order valence-corrected chi connectivity index (χ4v) is 2.38. The molecule has 0 atom stereocenters. The Kier molecular flexibility index (Phi) is 4.20. The largest absolute Gasteiger partial charge is 0.368 e. The van der Waals surface area contributed by atoms with Gasteiger partial charge < -0.3 is 5.73 Å². The monoisotopic (exact) mass is 323 g/mol. The van der Waals surface area contributed by atoms with Gasteiger partial charge in [0.25, 0.3) is 5.91 Å². The molecule has 0 spiro atoms. The molecule has 0 radical (unpaired) electrons. The number of carbonyl (C=O) groups excluding carboxylic acids is 2. The predicted molar refractivity (Wildman–Crippen MR) is 88.3 cm³/mol. The first-order chi connectivity index (χ1) is 11.5. The highest BCUT2D eigenvalue weighted by Gasteiger charge is 2.31. The summed E-state index contributed by atoms with van der Waals surface area (Å²) in [5, 5.41) is 0. The molecular formula is C18H14FN3O2. The SMILES string of the molecule is NC(=O)CN1C(=O)/C(=C\c2ccc(F)cc2)N=C1c1ccccc1. The predicted octanol–water partition coefficient (Wildman–Crippen LogP) is 1.94. The van der Waals surface area contributed by atoms with E-state index in [9.17, 15) is 14.0 Å². The summed E-state index contributed by atoms with van der Waals surface area (Å²) < 4.78 is 13.0. The number of aliphatic imine (C=N–C) groups is 1. The first kappa shape index (κ1) is 15.6. The fraction of sp³-hybridized carbons (Fsp3) is 0.0556. The van der Waals surface area contributed by atoms with E-state index in [-0.39, 0.29) is 18.1 Å². The maximum atomic E-state index is 13.0. The molecule has 2 aromatic carbocycles. The van der Waals surface area contributed by atoms with Crippen molar-refractivity contribution in [2.75, 3.05) is 6.54 Å². The summed E-state index contributed by atoms with van der Waals surface area (Å²) >= 11 is 0. The number of hydrogen-bond donors (Lipinski definition) is 1. The maximum Gasteiger partial charge on any atom is 0.278 e. The average Bonchev–Trinajstić information content (AvgIpc) is 2.87. The van der Waals surface area contributed by atoms with Crippen LogP contribution in [0.1, 0.15) is 11.1 Å². The lowest BCUT2D eigenvalue weighted by molar-refractivity contribution is -0.127. The van der Waals surface area contributed by atoms with Crippen LogP contribution < -0.4 is 5.73 Å². The van der Waals surface area contributed by atoms with E-state index in [4.69, 9.17) is 5.73 Å². The zero-order valence-electron chi connectivity index (χ0n) is 12.6. The highest BCUT2D eigenvalue weighted by atomic mass is 19.1. The molecule has 0 saturated carbocycles. The Morgan fingerprint density at radius 2 is 1.79 bits per heavy atom. The number of amides is 2. The number of carbonyl (C=O) groups is 2. The molecule has 120 valence electrons. The van der Waals surface area contributed by atoms with Crippen LogP contribution in [-0.4, -0.2) is 29.1 Å². The minimum Gasteiger partial charge on any atom is -0.368 e. The molecule has 2 aromatic rings. The highest BCUT2D eigenvalue weighted by molar-refractivity contribution is 6.20. The van der Waals surface area contributed by atoms with Gasteiger partial charge >= 0.3 is 0 Å². The van der Waals surface area contributed by atoms with Gasteiger partial charge in [0.05, 0.1) is 0 Å². The van der Waals surface area contributed by atoms with Crippen LogP contribution in [0.4, 0.5) is 4.39 Å². The van der Waals surface area contributed by atoms with Gasteiger partial charge in [0.2, 0.25) is 5.91 Å². The second kappa shape index (κ2) is 6.45. The van der Waals surface area contributed by atoms with E-state index in [2.05, 4.69) is 4.99 Å². The van der Waals surface area contributed by atoms with Gasteiger partial charge in [0.15, 0.2) is 0 Å². The van der Waals surface area contributed by atoms with Crippen LogP contribution in [-0.2, 0) is 9.59 Å². The molecule has 2 N–H and O–H groups in total. The van der Waals surface area contributed by atoms with Gasteiger partial charge in [-0.2, -0.15) is 0 Å². The molecule has 2 amide bonds. The van der Waals surface area contributed by atoms with Crippen molar-refractivity contribution < 1.29 is 14.0 Å². The second-order valence-corrected chi connectivity index (χ2v) is 5.24. The Bertz CT molecular complexity index is 842. The average molecular weight is 323 g/mol. The molecule has 0 aromatic heterocycles. The van der Waals surface area contributed by atoms with Crippen LogP contribution in [0.5, 0.6) is 0 Å². The normalized spacial score (nSPS) is 15.7. The number of hydrogen-bond acceptors (Lipinski definition) is 3. The Balaban J connectivity index is 2.01. The Morgan fingerprint density at radius 1 is 1.12 bits per heavy atom. The summed E-state index contributed by atoms with van der Waals surface area (Å²) in [5.74, 6) is -1.04. The van der Waals surface area contributed by atoms with E-state index < -0.39 is 11.8 Å². The van der Waals surface area contributed by atoms with Gasteiger partial charge in [-0.05, 0) is 23.8 Å². The van der Waals surface area contributed by atoms with E-state index in [1.807, 2.05) is 18.2 Å². The molecule has 1 aliphatic heterocycles. The molecule has 0 fully saturated rings. The van der Waals surface area contributed by atoms with Crippen molar-refractivity contribution in [3.63, 3.8) is 0 Å². The third kappa shape index (κ3) is 3.22. The van der Waals surface area contributed by atoms with Gasteiger partial charge in [-0.3, -0.25) is 14.5 Å². The zero-order chi connectivity index (χ0) is 17.1. The first-order valence-corrected chi connectivity index (χ1v) is 7.26. The van der Waals surface area contributed by atoms with Crippen molar-refractivity contribution in [3.8, 4) is 0 Å². The Hall–Kier alpha value is -3.28. The topological polar surface area (TPSA) is 75.8 Å². The molecule has 24 heavy (non-hydrogen) atoms. The minimum absolute atomic E-state index is 0.168. The Labute approximate surface area is 137 Å². The summed E-state index contributed by atoms with van der Waals surface area (Å²) in [6, 6.07) is 14.7. The van der Waals surface area contributed by atoms with Crippen molar-refractivity contribution in [2.24, 2.45) is 10.7 Å². The van der Waals surface area contributed by atoms with Crippen molar-refractivity contribution >= 4 is 23.7 Å². The van der Waals surface area contributed by atoms with Crippen LogP contribution in [0, 0.1) is 5.82 Å². The van der Waals surface area contributed by atoms with Gasteiger partial charge in [-0.1, -0.05) is 42.5 Å². The summed E-state index contributed by atoms with van der Waals surface area (Å²) in [7, 11) is 0. The number of nitrogens with zero attached hydrogens (tertiary/aromatic N) is 2. The number of amidine groups is 1. The van der Waals surface area contributed by atoms with Crippen LogP contribution >= 0.6 is 0 Å². The number of benzene rings is 2. The molecule has 1 heterocycles. The van der Waals surface area contributed by atoms with Crippen molar-refractivity contribution in [2.45, 2.75) is 0 Å². The number of primary amides is 1. The van der Waals surface area contributed by atoms with Gasteiger partial charge in [-0.25, -0.2) is 9.38 Å². The molecule has 3 rings (SSSR count). The molecular weight excluding hydrogens is 309 g/mol. The summed E-state index contributed by atoms with van der Waals surface area (Å²) in [6.45, 7) is -0.257. The maximum absolute atomic E-state index is 13.0. The second-order valence-electron chi connectivity index (χ2n) is 5.24. The molecule has 0 saturated heterocycles. The van der Waals surface area contributed by atoms with E-state index in [0.717, 1.165) is 0 Å². The summed E-state index contributed by atoms with van der Waals surface area (Å²) in [4.78, 5) is 29.4. The summed E-state index contributed by atoms with van der Waals surface area (Å²) in [6.07, 6.45) is 1.55. The molecule has 0 unspecified atom stereocenters. The number of rotatable bonds is 4. The van der Waals surface area contributed by atoms with E-state index in [1.54, 1.807) is 30.3 Å². The van der Waals surface area contributed by atoms with Gasteiger partial charge in [0.1, 0.15) is 23.9 Å². The van der Waals surface area contributed by atoms with Crippen molar-refractivity contribution in [3.05, 3.63) is 77.2 Å². The lowest BCUT2D eigenvalue weighted by Gasteiger charge is -2.16. The third-order valence-corrected chi connectivity index (χ3v) is 3.47. The van der Waals surface area contributed by atoms with Crippen molar-refractivity contribution in [1.29, 1.82) is 0 Å². The molecule has 0 aliphatic carbocycles.